The van der Waals surface area contributed by atoms with E-state index in [4.69, 9.17) is 11.6 Å². The van der Waals surface area contributed by atoms with Gasteiger partial charge in [0.1, 0.15) is 0 Å². The number of aromatic nitrogens is 1. The SMILES string of the molecule is CCC(O)c1ccc(C2CCC(Cl)C2CCCc2nc[c-]s2)cc1.[Y]. The molecule has 1 heterocycles. The van der Waals surface area contributed by atoms with Gasteiger partial charge in [0.25, 0.3) is 0 Å². The van der Waals surface area contributed by atoms with Crippen LogP contribution in [0.15, 0.2) is 30.5 Å². The van der Waals surface area contributed by atoms with Crippen molar-refractivity contribution in [3.8, 4) is 0 Å². The van der Waals surface area contributed by atoms with Crippen LogP contribution >= 0.6 is 22.9 Å². The Balaban J connectivity index is 0.00000225. The second-order valence-electron chi connectivity index (χ2n) is 6.72. The predicted octanol–water partition coefficient (Wildman–Crippen LogP) is 5.51. The summed E-state index contributed by atoms with van der Waals surface area (Å²) in [5.74, 6) is 1.08. The largest absolute Gasteiger partial charge is 0.388 e. The average Bonchev–Trinajstić information content (AvgIpc) is 3.25. The molecule has 0 saturated heterocycles. The molecule has 1 aliphatic rings. The molecular weight excluding hydrogens is 427 g/mol. The van der Waals surface area contributed by atoms with Crippen molar-refractivity contribution in [1.29, 1.82) is 0 Å². The zero-order valence-corrected chi connectivity index (χ0v) is 19.1. The molecule has 2 nitrogen and oxygen atoms in total. The van der Waals surface area contributed by atoms with Crippen LogP contribution in [0.2, 0.25) is 0 Å². The fraction of sp³-hybridized carbons (Fsp3) is 0.550. The van der Waals surface area contributed by atoms with Crippen LogP contribution in [0.25, 0.3) is 0 Å². The molecule has 4 atom stereocenters. The Morgan fingerprint density at radius 2 is 2.08 bits per heavy atom. The van der Waals surface area contributed by atoms with Gasteiger partial charge in [-0.25, -0.2) is 0 Å². The van der Waals surface area contributed by atoms with E-state index >= 15 is 0 Å². The van der Waals surface area contributed by atoms with Crippen molar-refractivity contribution in [1.82, 2.24) is 4.98 Å². The first-order valence-corrected chi connectivity index (χ1v) is 10.2. The van der Waals surface area contributed by atoms with Crippen LogP contribution in [-0.2, 0) is 39.1 Å². The fourth-order valence-electron chi connectivity index (χ4n) is 3.84. The molecule has 0 spiro atoms. The molecule has 0 bridgehead atoms. The molecule has 4 unspecified atom stereocenters. The summed E-state index contributed by atoms with van der Waals surface area (Å²) in [6.45, 7) is 2.00. The summed E-state index contributed by atoms with van der Waals surface area (Å²) in [7, 11) is 0. The first-order chi connectivity index (χ1) is 11.7. The topological polar surface area (TPSA) is 33.1 Å². The molecule has 1 radical (unpaired) electrons. The number of nitrogens with zero attached hydrogens (tertiary/aromatic N) is 1. The molecule has 1 N–H and O–H groups in total. The molecule has 3 rings (SSSR count). The van der Waals surface area contributed by atoms with E-state index < -0.39 is 0 Å². The van der Waals surface area contributed by atoms with Crippen molar-refractivity contribution in [3.63, 3.8) is 0 Å². The third-order valence-electron chi connectivity index (χ3n) is 5.24. The standard InChI is InChI=1S/C20H25ClNOS.Y/c1-2-19(23)15-8-6-14(7-9-15)16-10-11-18(21)17(16)4-3-5-20-22-12-13-24-20;/h6-9,12,16-19,23H,2-5,10-11H2,1H3;/q-1;. The molecule has 133 valence electrons. The molecule has 5 heteroatoms. The fourth-order valence-corrected chi connectivity index (χ4v) is 4.86. The van der Waals surface area contributed by atoms with Crippen molar-refractivity contribution >= 4 is 22.9 Å². The Bertz CT molecular complexity index is 619. The third-order valence-corrected chi connectivity index (χ3v) is 6.55. The van der Waals surface area contributed by atoms with E-state index in [1.54, 1.807) is 17.5 Å². The first kappa shape index (κ1) is 21.5. The van der Waals surface area contributed by atoms with Crippen LogP contribution in [0, 0.1) is 11.3 Å². The second-order valence-corrected chi connectivity index (χ2v) is 8.19. The maximum atomic E-state index is 9.96. The van der Waals surface area contributed by atoms with E-state index in [-0.39, 0.29) is 44.2 Å². The number of benzene rings is 1. The maximum Gasteiger partial charge on any atom is 0.0787 e. The molecule has 0 aliphatic heterocycles. The second kappa shape index (κ2) is 10.5. The molecule has 25 heavy (non-hydrogen) atoms. The number of rotatable bonds is 7. The molecule has 1 aromatic heterocycles. The van der Waals surface area contributed by atoms with E-state index in [2.05, 4.69) is 34.6 Å². The first-order valence-electron chi connectivity index (χ1n) is 8.91. The van der Waals surface area contributed by atoms with E-state index in [9.17, 15) is 5.11 Å². The minimum absolute atomic E-state index is 0. The Labute approximate surface area is 185 Å². The van der Waals surface area contributed by atoms with Gasteiger partial charge in [0.2, 0.25) is 0 Å². The van der Waals surface area contributed by atoms with Crippen LogP contribution in [0.1, 0.15) is 67.2 Å². The Hall–Kier alpha value is 0.204. The van der Waals surface area contributed by atoms with Gasteiger partial charge in [-0.2, -0.15) is 5.38 Å². The monoisotopic (exact) mass is 451 g/mol. The molecular formula is C20H25ClNOSY-. The summed E-state index contributed by atoms with van der Waals surface area (Å²) in [6.07, 6.45) is 7.74. The Kier molecular flexibility index (Phi) is 9.04. The predicted molar refractivity (Wildman–Crippen MR) is 101 cm³/mol. The van der Waals surface area contributed by atoms with Crippen LogP contribution < -0.4 is 0 Å². The van der Waals surface area contributed by atoms with Gasteiger partial charge in [0.15, 0.2) is 0 Å². The van der Waals surface area contributed by atoms with Crippen LogP contribution in [0.4, 0.5) is 0 Å². The van der Waals surface area contributed by atoms with E-state index in [0.717, 1.165) is 37.7 Å². The van der Waals surface area contributed by atoms with Crippen molar-refractivity contribution in [2.45, 2.75) is 62.8 Å². The molecule has 1 aromatic carbocycles. The van der Waals surface area contributed by atoms with Gasteiger partial charge < -0.3 is 21.4 Å². The van der Waals surface area contributed by atoms with Gasteiger partial charge in [-0.1, -0.05) is 55.2 Å². The number of thiazole rings is 1. The van der Waals surface area contributed by atoms with E-state index in [0.29, 0.717) is 11.8 Å². The number of hydrogen-bond donors (Lipinski definition) is 1. The summed E-state index contributed by atoms with van der Waals surface area (Å²) < 4.78 is 0. The summed E-state index contributed by atoms with van der Waals surface area (Å²) in [5.41, 5.74) is 2.39. The van der Waals surface area contributed by atoms with E-state index in [1.165, 1.54) is 17.0 Å². The zero-order chi connectivity index (χ0) is 16.9. The number of alkyl halides is 1. The molecule has 2 aromatic rings. The molecule has 1 saturated carbocycles. The van der Waals surface area contributed by atoms with Crippen LogP contribution in [0.5, 0.6) is 0 Å². The third kappa shape index (κ3) is 5.59. The number of aryl methyl sites for hydroxylation is 1. The Morgan fingerprint density at radius 3 is 2.72 bits per heavy atom. The quantitative estimate of drug-likeness (QED) is 0.445. The van der Waals surface area contributed by atoms with Crippen molar-refractivity contribution in [2.75, 3.05) is 0 Å². The normalized spacial score (nSPS) is 24.0. The minimum atomic E-state index is -0.352. The summed E-state index contributed by atoms with van der Waals surface area (Å²) >= 11 is 8.25. The number of aliphatic hydroxyl groups excluding tert-OH is 1. The maximum absolute atomic E-state index is 9.96. The molecule has 1 fully saturated rings. The molecule has 1 aliphatic carbocycles. The summed E-state index contributed by atoms with van der Waals surface area (Å²) in [6, 6.07) is 8.54. The van der Waals surface area contributed by atoms with Crippen molar-refractivity contribution in [3.05, 3.63) is 52.0 Å². The van der Waals surface area contributed by atoms with Crippen LogP contribution in [0.3, 0.4) is 0 Å². The number of halogens is 1. The zero-order valence-electron chi connectivity index (χ0n) is 14.7. The van der Waals surface area contributed by atoms with Gasteiger partial charge in [-0.15, -0.1) is 11.6 Å². The minimum Gasteiger partial charge on any atom is -0.388 e. The van der Waals surface area contributed by atoms with Crippen LogP contribution in [-0.4, -0.2) is 15.5 Å². The van der Waals surface area contributed by atoms with Gasteiger partial charge in [-0.3, -0.25) is 0 Å². The number of aliphatic hydroxyl groups is 1. The van der Waals surface area contributed by atoms with Gasteiger partial charge in [-0.05, 0) is 48.6 Å². The molecule has 0 amide bonds. The van der Waals surface area contributed by atoms with Gasteiger partial charge in [0, 0.05) is 38.1 Å². The number of hydrogen-bond acceptors (Lipinski definition) is 3. The van der Waals surface area contributed by atoms with E-state index in [1.807, 2.05) is 6.92 Å². The van der Waals surface area contributed by atoms with Gasteiger partial charge >= 0.3 is 0 Å². The van der Waals surface area contributed by atoms with Crippen molar-refractivity contribution in [2.24, 2.45) is 5.92 Å². The summed E-state index contributed by atoms with van der Waals surface area (Å²) in [4.78, 5) is 4.32. The average molecular weight is 452 g/mol. The Morgan fingerprint density at radius 1 is 1.32 bits per heavy atom. The van der Waals surface area contributed by atoms with Crippen molar-refractivity contribution < 1.29 is 37.8 Å². The smallest absolute Gasteiger partial charge is 0.0787 e. The van der Waals surface area contributed by atoms with Gasteiger partial charge in [0.05, 0.1) is 6.10 Å². The summed E-state index contributed by atoms with van der Waals surface area (Å²) in [5, 5.41) is 14.5.